The molecule has 780 valence electrons. The molecular formula is C92H164N4O38. The number of aliphatic hydroxyl groups is 20. The Bertz CT molecular complexity index is 3260. The number of nitrogens with one attached hydrogen (secondary N) is 4. The summed E-state index contributed by atoms with van der Waals surface area (Å²) in [5.41, 5.74) is 0. The molecule has 134 heavy (non-hydrogen) atoms. The van der Waals surface area contributed by atoms with Crippen molar-refractivity contribution in [1.82, 2.24) is 21.3 Å². The van der Waals surface area contributed by atoms with Crippen molar-refractivity contribution in [2.24, 2.45) is 0 Å². The van der Waals surface area contributed by atoms with Gasteiger partial charge in [-0.15, -0.1) is 0 Å². The molecule has 0 aliphatic carbocycles. The maximum atomic E-state index is 13.7. The van der Waals surface area contributed by atoms with Crippen LogP contribution >= 0.6 is 0 Å². The molecule has 0 saturated carbocycles. The SMILES string of the molecule is CCCCCCCC/C=C\CCCCCCCCCCCCCCCC(=O)N[C@@H](CO[C@@H]1OC(CO)[C@@H](O[C@@H]2OC(CO)[C@H](O)[C@H](O[C@@H]3OC(CO)[C@@H](O)[C@H](O[C@@H]4OC(CO)[C@H](O)[C@H](O[C@@H]5OC(CO)[C@@H](O)[C@H](O[C@@H]6OC(CO)[C@H](O)[C@H](O[C@H]7OC(CO)[C@H](O)[C@H](O)C7NC(C)=O)C6O)C5NC(C)=O)C4O)C3NC(C)=O)C2O)[C@H](O)C1O)[C@H](O)/C=C/CCCCCCCCCCCCC. The van der Waals surface area contributed by atoms with Gasteiger partial charge in [0.1, 0.15) is 171 Å². The van der Waals surface area contributed by atoms with E-state index in [9.17, 15) is 121 Å². The summed E-state index contributed by atoms with van der Waals surface area (Å²) in [5, 5.41) is 237. The third-order valence-corrected chi connectivity index (χ3v) is 25.9. The lowest BCUT2D eigenvalue weighted by atomic mass is 9.93. The number of aliphatic hydroxyl groups excluding tert-OH is 20. The Morgan fingerprint density at radius 3 is 0.910 bits per heavy atom. The standard InChI is InChI=1S/C92H164N4O38/c1-6-8-10-12-14-16-18-20-21-22-23-24-25-26-27-28-29-31-33-35-37-39-41-43-64(108)96-55(56(107)42-40-38-36-34-32-30-19-17-15-13-11-9-7-2)51-121-89-76(117)75(116)80(63(50-103)128-89)129-90-77(118)84(72(113)60(47-100)125-90)133-87-66(94-53(4)105)82(70(111)58(45-98)123-87)131-92-79(120)85(73(114)62(49-102)127-92)134-88-67(95-54(5)106)81(69(110)59(46-99)124-88)130-91-78(119)83(71(112)61(48-101)126-91)132-86-65(93-52(3)104)74(115)68(109)57(44-97)122-86/h20-21,40,42,55-63,65-92,97-103,107,109-120H,6-19,22-39,41,43-51H2,1-5H3,(H,93,104)(H,94,105)(H,95,106)(H,96,108)/b21-20-,42-40+/t55-,56+,57?,58?,59?,60?,61?,62?,63?,65?,66?,67?,68-,69+,70+,71-,72-,73-,74+,75+,76?,77?,78?,79?,80+,81+,82+,83-,84-,85-,86+,87-,88-,89+,90-,91-,92-/m0/s1. The highest BCUT2D eigenvalue weighted by atomic mass is 16.8. The highest BCUT2D eigenvalue weighted by Crippen LogP contribution is 2.40. The average molecular weight is 1930 g/mol. The first-order valence-corrected chi connectivity index (χ1v) is 49.1. The molecule has 0 aromatic rings. The monoisotopic (exact) mass is 1930 g/mol. The van der Waals surface area contributed by atoms with E-state index >= 15 is 0 Å². The quantitative estimate of drug-likeness (QED) is 0.0242. The topological polar surface area (TPSA) is 650 Å². The summed E-state index contributed by atoms with van der Waals surface area (Å²) in [6, 6.07) is -6.57. The molecule has 37 atom stereocenters. The van der Waals surface area contributed by atoms with Crippen molar-refractivity contribution in [3.05, 3.63) is 24.3 Å². The Labute approximate surface area is 786 Å². The smallest absolute Gasteiger partial charge is 0.220 e. The first kappa shape index (κ1) is 117. The van der Waals surface area contributed by atoms with Gasteiger partial charge < -0.3 is 190 Å². The van der Waals surface area contributed by atoms with Gasteiger partial charge >= 0.3 is 0 Å². The summed E-state index contributed by atoms with van der Waals surface area (Å²) in [4.78, 5) is 52.5. The highest BCUT2D eigenvalue weighted by molar-refractivity contribution is 5.76. The Balaban J connectivity index is 0.994. The van der Waals surface area contributed by atoms with Gasteiger partial charge in [0.25, 0.3) is 0 Å². The zero-order chi connectivity index (χ0) is 97.9. The van der Waals surface area contributed by atoms with Crippen LogP contribution in [-0.4, -0.2) is 406 Å². The van der Waals surface area contributed by atoms with Crippen molar-refractivity contribution in [2.45, 2.75) is 480 Å². The van der Waals surface area contributed by atoms with E-state index in [1.165, 1.54) is 141 Å². The van der Waals surface area contributed by atoms with Gasteiger partial charge in [-0.25, -0.2) is 0 Å². The van der Waals surface area contributed by atoms with Crippen LogP contribution in [0.25, 0.3) is 0 Å². The van der Waals surface area contributed by atoms with Crippen LogP contribution in [0.4, 0.5) is 0 Å². The number of unbranched alkanes of at least 4 members (excludes halogenated alkanes) is 30. The minimum atomic E-state index is -2.38. The zero-order valence-electron chi connectivity index (χ0n) is 78.7. The van der Waals surface area contributed by atoms with Crippen LogP contribution in [-0.2, 0) is 85.5 Å². The van der Waals surface area contributed by atoms with E-state index in [0.717, 1.165) is 78.6 Å². The number of hydrogen-bond donors (Lipinski definition) is 24. The molecule has 42 heteroatoms. The predicted octanol–water partition coefficient (Wildman–Crippen LogP) is -1.56. The second-order valence-electron chi connectivity index (χ2n) is 36.7. The molecule has 0 aromatic heterocycles. The third-order valence-electron chi connectivity index (χ3n) is 25.9. The lowest BCUT2D eigenvalue weighted by Crippen LogP contribution is -2.71. The summed E-state index contributed by atoms with van der Waals surface area (Å²) >= 11 is 0. The third kappa shape index (κ3) is 36.1. The highest BCUT2D eigenvalue weighted by Gasteiger charge is 2.60. The lowest BCUT2D eigenvalue weighted by Gasteiger charge is -2.51. The van der Waals surface area contributed by atoms with E-state index in [1.807, 2.05) is 6.08 Å². The van der Waals surface area contributed by atoms with E-state index < -0.39 is 297 Å². The summed E-state index contributed by atoms with van der Waals surface area (Å²) in [7, 11) is 0. The molecule has 4 amide bonds. The Morgan fingerprint density at radius 2 is 0.567 bits per heavy atom. The first-order chi connectivity index (χ1) is 64.4. The lowest BCUT2D eigenvalue weighted by molar-refractivity contribution is -0.387. The van der Waals surface area contributed by atoms with Gasteiger partial charge in [0.2, 0.25) is 23.6 Å². The normalized spacial score (nSPS) is 36.5. The van der Waals surface area contributed by atoms with Crippen molar-refractivity contribution >= 4 is 23.6 Å². The number of carbonyl (C=O) groups excluding carboxylic acids is 4. The molecule has 7 aliphatic heterocycles. The van der Waals surface area contributed by atoms with Crippen LogP contribution in [0.3, 0.4) is 0 Å². The number of carbonyl (C=O) groups is 4. The molecule has 42 nitrogen and oxygen atoms in total. The van der Waals surface area contributed by atoms with Crippen LogP contribution in [0.1, 0.15) is 253 Å². The molecule has 0 radical (unpaired) electrons. The maximum Gasteiger partial charge on any atom is 0.220 e. The molecule has 0 aromatic carbocycles. The molecule has 7 saturated heterocycles. The molecule has 0 bridgehead atoms. The Morgan fingerprint density at radius 1 is 0.291 bits per heavy atom. The fourth-order valence-corrected chi connectivity index (χ4v) is 18.1. The van der Waals surface area contributed by atoms with Gasteiger partial charge in [0.05, 0.1) is 65.0 Å². The molecule has 7 aliphatic rings. The zero-order valence-corrected chi connectivity index (χ0v) is 78.7. The van der Waals surface area contributed by atoms with Crippen molar-refractivity contribution < 1.29 is 188 Å². The molecule has 7 heterocycles. The number of allylic oxidation sites excluding steroid dienone is 3. The molecular weight excluding hydrogens is 1770 g/mol. The maximum absolute atomic E-state index is 13.7. The van der Waals surface area contributed by atoms with Gasteiger partial charge in [-0.05, 0) is 44.9 Å². The summed E-state index contributed by atoms with van der Waals surface area (Å²) < 4.78 is 83.8. The molecule has 24 N–H and O–H groups in total. The van der Waals surface area contributed by atoms with Crippen LogP contribution < -0.4 is 21.3 Å². The molecule has 0 spiro atoms. The fraction of sp³-hybridized carbons (Fsp3) is 0.913. The molecule has 7 fully saturated rings. The number of hydrogen-bond acceptors (Lipinski definition) is 38. The van der Waals surface area contributed by atoms with Gasteiger partial charge in [-0.2, -0.15) is 0 Å². The van der Waals surface area contributed by atoms with E-state index in [-0.39, 0.29) is 12.3 Å². The minimum Gasteiger partial charge on any atom is -0.394 e. The molecule has 7 rings (SSSR count). The van der Waals surface area contributed by atoms with E-state index in [4.69, 9.17) is 66.3 Å². The van der Waals surface area contributed by atoms with E-state index in [2.05, 4.69) is 47.3 Å². The van der Waals surface area contributed by atoms with Crippen molar-refractivity contribution in [3.63, 3.8) is 0 Å². The van der Waals surface area contributed by atoms with Crippen molar-refractivity contribution in [3.8, 4) is 0 Å². The van der Waals surface area contributed by atoms with Crippen LogP contribution in [0.5, 0.6) is 0 Å². The first-order valence-electron chi connectivity index (χ1n) is 49.1. The fourth-order valence-electron chi connectivity index (χ4n) is 18.1. The van der Waals surface area contributed by atoms with Gasteiger partial charge in [0, 0.05) is 27.2 Å². The predicted molar refractivity (Wildman–Crippen MR) is 475 cm³/mol. The van der Waals surface area contributed by atoms with Crippen LogP contribution in [0, 0.1) is 0 Å². The summed E-state index contributed by atoms with van der Waals surface area (Å²) in [6.07, 6.45) is -19.0. The molecule has 14 unspecified atom stereocenters. The number of rotatable bonds is 63. The van der Waals surface area contributed by atoms with E-state index in [1.54, 1.807) is 6.08 Å². The Kier molecular flexibility index (Phi) is 55.1. The van der Waals surface area contributed by atoms with Crippen LogP contribution in [0.2, 0.25) is 0 Å². The summed E-state index contributed by atoms with van der Waals surface area (Å²) in [6.45, 7) is -0.359. The van der Waals surface area contributed by atoms with Gasteiger partial charge in [0.15, 0.2) is 44.0 Å². The van der Waals surface area contributed by atoms with Gasteiger partial charge in [-0.1, -0.05) is 205 Å². The van der Waals surface area contributed by atoms with Crippen molar-refractivity contribution in [1.29, 1.82) is 0 Å². The van der Waals surface area contributed by atoms with Crippen LogP contribution in [0.15, 0.2) is 24.3 Å². The average Bonchev–Trinajstić information content (AvgIpc) is 0.759. The largest absolute Gasteiger partial charge is 0.394 e. The summed E-state index contributed by atoms with van der Waals surface area (Å²) in [5.74, 6) is -3.00. The number of amides is 4. The second-order valence-corrected chi connectivity index (χ2v) is 36.7. The minimum absolute atomic E-state index is 0.152. The van der Waals surface area contributed by atoms with E-state index in [0.29, 0.717) is 12.8 Å². The Hall–Kier alpha value is -4.00. The van der Waals surface area contributed by atoms with Gasteiger partial charge in [-0.3, -0.25) is 19.2 Å². The number of ether oxygens (including phenoxy) is 14. The second kappa shape index (κ2) is 63.1. The van der Waals surface area contributed by atoms with Crippen molar-refractivity contribution in [2.75, 3.05) is 52.9 Å².